The third-order valence-corrected chi connectivity index (χ3v) is 5.95. The fraction of sp³-hybridized carbons (Fsp3) is 0.500. The quantitative estimate of drug-likeness (QED) is 0.897. The summed E-state index contributed by atoms with van der Waals surface area (Å²) in [4.78, 5) is -0.947. The van der Waals surface area contributed by atoms with E-state index >= 15 is 0 Å². The lowest BCUT2D eigenvalue weighted by molar-refractivity contribution is 0.0178. The number of benzene rings is 1. The van der Waals surface area contributed by atoms with Gasteiger partial charge in [-0.2, -0.15) is 11.8 Å². The lowest BCUT2D eigenvalue weighted by Gasteiger charge is -2.26. The molecule has 1 unspecified atom stereocenters. The molecular weight excluding hydrogens is 308 g/mol. The number of methoxy groups -OCH3 is 1. The summed E-state index contributed by atoms with van der Waals surface area (Å²) in [5, 5.41) is 0. The van der Waals surface area contributed by atoms with Gasteiger partial charge in [0, 0.05) is 19.4 Å². The Morgan fingerprint density at radius 3 is 2.55 bits per heavy atom. The zero-order valence-corrected chi connectivity index (χ0v) is 12.5. The summed E-state index contributed by atoms with van der Waals surface area (Å²) in [6, 6.07) is 2.94. The second-order valence-corrected chi connectivity index (χ2v) is 7.37. The average Bonchev–Trinajstić information content (AvgIpc) is 2.85. The number of thioether (sulfide) groups is 1. The molecule has 1 aliphatic rings. The van der Waals surface area contributed by atoms with E-state index in [1.807, 2.05) is 0 Å². The summed E-state index contributed by atoms with van der Waals surface area (Å²) < 4.78 is 58.7. The van der Waals surface area contributed by atoms with Crippen molar-refractivity contribution in [1.29, 1.82) is 0 Å². The minimum absolute atomic E-state index is 0.00733. The molecule has 0 spiro atoms. The van der Waals surface area contributed by atoms with Crippen molar-refractivity contribution in [2.75, 3.05) is 25.2 Å². The highest BCUT2D eigenvalue weighted by molar-refractivity contribution is 7.99. The summed E-state index contributed by atoms with van der Waals surface area (Å²) in [6.07, 6.45) is 0.691. The summed E-state index contributed by atoms with van der Waals surface area (Å²) in [6.45, 7) is -0.00733. The largest absolute Gasteiger partial charge is 0.376 e. The van der Waals surface area contributed by atoms with E-state index in [4.69, 9.17) is 4.74 Å². The number of nitrogens with one attached hydrogen (secondary N) is 1. The Morgan fingerprint density at radius 2 is 2.05 bits per heavy atom. The molecule has 1 aromatic rings. The molecule has 1 N–H and O–H groups in total. The van der Waals surface area contributed by atoms with E-state index in [1.165, 1.54) is 7.11 Å². The summed E-state index contributed by atoms with van der Waals surface area (Å²) in [5.41, 5.74) is -0.612. The molecule has 1 aliphatic heterocycles. The molecule has 1 saturated heterocycles. The number of rotatable bonds is 5. The van der Waals surface area contributed by atoms with Gasteiger partial charge in [-0.05, 0) is 24.3 Å². The molecular formula is C12H15F2NO3S2. The zero-order valence-electron chi connectivity index (χ0n) is 10.9. The first-order valence-corrected chi connectivity index (χ1v) is 8.61. The maximum absolute atomic E-state index is 13.5. The van der Waals surface area contributed by atoms with Crippen LogP contribution in [0.5, 0.6) is 0 Å². The van der Waals surface area contributed by atoms with Gasteiger partial charge in [0.15, 0.2) is 4.90 Å². The summed E-state index contributed by atoms with van der Waals surface area (Å²) in [7, 11) is -2.74. The van der Waals surface area contributed by atoms with E-state index in [0.717, 1.165) is 24.0 Å². The van der Waals surface area contributed by atoms with Crippen LogP contribution in [-0.4, -0.2) is 39.2 Å². The molecule has 1 heterocycles. The first-order valence-electron chi connectivity index (χ1n) is 5.97. The third-order valence-electron chi connectivity index (χ3n) is 3.27. The summed E-state index contributed by atoms with van der Waals surface area (Å²) >= 11 is 1.65. The van der Waals surface area contributed by atoms with Crippen LogP contribution in [-0.2, 0) is 14.8 Å². The zero-order chi connectivity index (χ0) is 14.8. The van der Waals surface area contributed by atoms with Crippen molar-refractivity contribution in [1.82, 2.24) is 4.72 Å². The molecule has 4 nitrogen and oxygen atoms in total. The monoisotopic (exact) mass is 323 g/mol. The first-order chi connectivity index (χ1) is 9.40. The smallest absolute Gasteiger partial charge is 0.246 e. The summed E-state index contributed by atoms with van der Waals surface area (Å²) in [5.74, 6) is -0.704. The van der Waals surface area contributed by atoms with E-state index < -0.39 is 32.2 Å². The minimum Gasteiger partial charge on any atom is -0.376 e. The van der Waals surface area contributed by atoms with Crippen LogP contribution < -0.4 is 4.72 Å². The van der Waals surface area contributed by atoms with Crippen LogP contribution in [0.2, 0.25) is 0 Å². The fourth-order valence-corrected chi connectivity index (χ4v) is 4.64. The molecule has 1 atom stereocenters. The molecule has 8 heteroatoms. The van der Waals surface area contributed by atoms with Crippen LogP contribution >= 0.6 is 11.8 Å². The van der Waals surface area contributed by atoms with Crippen molar-refractivity contribution in [3.63, 3.8) is 0 Å². The van der Waals surface area contributed by atoms with Gasteiger partial charge in [-0.15, -0.1) is 0 Å². The van der Waals surface area contributed by atoms with Crippen LogP contribution in [0.15, 0.2) is 23.1 Å². The second kappa shape index (κ2) is 5.97. The Kier molecular flexibility index (Phi) is 4.68. The SMILES string of the molecule is COC1(CNS(=O)(=O)c2c(F)cccc2F)CCSC1. The highest BCUT2D eigenvalue weighted by atomic mass is 32.2. The van der Waals surface area contributed by atoms with E-state index in [0.29, 0.717) is 12.2 Å². The Labute approximate surface area is 120 Å². The predicted octanol–water partition coefficient (Wildman–Crippen LogP) is 1.77. The first kappa shape index (κ1) is 15.7. The Bertz CT molecular complexity index is 566. The van der Waals surface area contributed by atoms with Gasteiger partial charge in [0.1, 0.15) is 11.6 Å². The molecule has 0 bridgehead atoms. The van der Waals surface area contributed by atoms with Crippen LogP contribution in [0, 0.1) is 11.6 Å². The minimum atomic E-state index is -4.25. The molecule has 1 fully saturated rings. The lowest BCUT2D eigenvalue weighted by atomic mass is 10.0. The molecule has 0 saturated carbocycles. The second-order valence-electron chi connectivity index (χ2n) is 4.57. The molecule has 1 aromatic carbocycles. The number of sulfonamides is 1. The van der Waals surface area contributed by atoms with Crippen LogP contribution in [0.3, 0.4) is 0 Å². The number of hydrogen-bond donors (Lipinski definition) is 1. The van der Waals surface area contributed by atoms with Gasteiger partial charge >= 0.3 is 0 Å². The Balaban J connectivity index is 2.20. The van der Waals surface area contributed by atoms with Crippen molar-refractivity contribution in [2.45, 2.75) is 16.9 Å². The molecule has 0 aliphatic carbocycles. The maximum atomic E-state index is 13.5. The molecule has 0 amide bonds. The van der Waals surface area contributed by atoms with Gasteiger partial charge in [-0.25, -0.2) is 21.9 Å². The van der Waals surface area contributed by atoms with Crippen LogP contribution in [0.25, 0.3) is 0 Å². The molecule has 2 rings (SSSR count). The van der Waals surface area contributed by atoms with Gasteiger partial charge in [-0.3, -0.25) is 0 Å². The third kappa shape index (κ3) is 3.13. The van der Waals surface area contributed by atoms with Crippen molar-refractivity contribution in [2.24, 2.45) is 0 Å². The van der Waals surface area contributed by atoms with Gasteiger partial charge in [0.05, 0.1) is 5.60 Å². The van der Waals surface area contributed by atoms with Gasteiger partial charge < -0.3 is 4.74 Å². The number of hydrogen-bond acceptors (Lipinski definition) is 4. The topological polar surface area (TPSA) is 55.4 Å². The van der Waals surface area contributed by atoms with Gasteiger partial charge in [-0.1, -0.05) is 6.07 Å². The number of ether oxygens (including phenoxy) is 1. The molecule has 0 aromatic heterocycles. The van der Waals surface area contributed by atoms with Crippen molar-refractivity contribution < 1.29 is 21.9 Å². The standard InChI is InChI=1S/C12H15F2NO3S2/c1-18-12(5-6-19-8-12)7-15-20(16,17)11-9(13)3-2-4-10(11)14/h2-4,15H,5-8H2,1H3. The Morgan fingerprint density at radius 1 is 1.40 bits per heavy atom. The van der Waals surface area contributed by atoms with E-state index in [1.54, 1.807) is 11.8 Å². The van der Waals surface area contributed by atoms with Crippen LogP contribution in [0.1, 0.15) is 6.42 Å². The molecule has 20 heavy (non-hydrogen) atoms. The van der Waals surface area contributed by atoms with E-state index in [2.05, 4.69) is 4.72 Å². The fourth-order valence-electron chi connectivity index (χ4n) is 2.00. The molecule has 112 valence electrons. The molecule has 0 radical (unpaired) electrons. The predicted molar refractivity (Wildman–Crippen MR) is 73.2 cm³/mol. The maximum Gasteiger partial charge on any atom is 0.246 e. The normalized spacial score (nSPS) is 23.1. The van der Waals surface area contributed by atoms with Gasteiger partial charge in [0.2, 0.25) is 10.0 Å². The highest BCUT2D eigenvalue weighted by Crippen LogP contribution is 2.30. The van der Waals surface area contributed by atoms with E-state index in [9.17, 15) is 17.2 Å². The van der Waals surface area contributed by atoms with Crippen molar-refractivity contribution in [3.8, 4) is 0 Å². The van der Waals surface area contributed by atoms with Crippen molar-refractivity contribution in [3.05, 3.63) is 29.8 Å². The van der Waals surface area contributed by atoms with Crippen molar-refractivity contribution >= 4 is 21.8 Å². The highest BCUT2D eigenvalue weighted by Gasteiger charge is 2.36. The number of halogens is 2. The van der Waals surface area contributed by atoms with Crippen LogP contribution in [0.4, 0.5) is 8.78 Å². The lowest BCUT2D eigenvalue weighted by Crippen LogP contribution is -2.44. The van der Waals surface area contributed by atoms with Gasteiger partial charge in [0.25, 0.3) is 0 Å². The Hall–Kier alpha value is -0.700. The average molecular weight is 323 g/mol. The van der Waals surface area contributed by atoms with E-state index in [-0.39, 0.29) is 6.54 Å².